The summed E-state index contributed by atoms with van der Waals surface area (Å²) in [5.41, 5.74) is -1.38. The Labute approximate surface area is 135 Å². The van der Waals surface area contributed by atoms with Crippen LogP contribution in [0.5, 0.6) is 0 Å². The molecule has 6 nitrogen and oxygen atoms in total. The molecule has 2 aliphatic carbocycles. The molecule has 1 aromatic rings. The van der Waals surface area contributed by atoms with E-state index in [2.05, 4.69) is 4.98 Å². The summed E-state index contributed by atoms with van der Waals surface area (Å²) in [7, 11) is 0. The second kappa shape index (κ2) is 4.50. The number of rotatable bonds is 2. The molecule has 3 aliphatic rings. The minimum Gasteiger partial charge on any atom is -0.444 e. The first kappa shape index (κ1) is 15.0. The van der Waals surface area contributed by atoms with Crippen LogP contribution in [0.15, 0.2) is 10.6 Å². The maximum absolute atomic E-state index is 12.0. The largest absolute Gasteiger partial charge is 0.444 e. The number of amides is 1. The van der Waals surface area contributed by atoms with Gasteiger partial charge in [0.1, 0.15) is 11.2 Å². The molecule has 0 atom stereocenters. The van der Waals surface area contributed by atoms with Crippen LogP contribution in [0.1, 0.15) is 64.0 Å². The highest BCUT2D eigenvalue weighted by Crippen LogP contribution is 2.59. The van der Waals surface area contributed by atoms with Crippen LogP contribution < -0.4 is 0 Å². The molecule has 1 aromatic heterocycles. The highest BCUT2D eigenvalue weighted by atomic mass is 16.6. The summed E-state index contributed by atoms with van der Waals surface area (Å²) in [5, 5.41) is 10.7. The van der Waals surface area contributed by atoms with Gasteiger partial charge in [0.2, 0.25) is 0 Å². The topological polar surface area (TPSA) is 75.8 Å². The van der Waals surface area contributed by atoms with Crippen LogP contribution in [0.3, 0.4) is 0 Å². The number of hydrogen-bond donors (Lipinski definition) is 1. The zero-order valence-electron chi connectivity index (χ0n) is 14.0. The molecule has 0 radical (unpaired) electrons. The first-order valence-electron chi connectivity index (χ1n) is 8.35. The lowest BCUT2D eigenvalue weighted by Gasteiger charge is -2.61. The average Bonchev–Trinajstić information content (AvgIpc) is 3.07. The Bertz CT molecular complexity index is 627. The molecule has 23 heavy (non-hydrogen) atoms. The van der Waals surface area contributed by atoms with Crippen molar-refractivity contribution < 1.29 is 19.1 Å². The molecular formula is C17H24N2O4. The summed E-state index contributed by atoms with van der Waals surface area (Å²) in [6.45, 7) is 6.89. The van der Waals surface area contributed by atoms with Crippen molar-refractivity contribution in [3.63, 3.8) is 0 Å². The van der Waals surface area contributed by atoms with E-state index in [1.807, 2.05) is 20.8 Å². The summed E-state index contributed by atoms with van der Waals surface area (Å²) in [6, 6.07) is 0. The summed E-state index contributed by atoms with van der Waals surface area (Å²) in [6.07, 6.45) is 4.91. The number of aromatic nitrogens is 1. The van der Waals surface area contributed by atoms with E-state index in [1.54, 1.807) is 11.1 Å². The Balaban J connectivity index is 1.33. The minimum atomic E-state index is -0.917. The molecule has 0 aromatic carbocycles. The van der Waals surface area contributed by atoms with Crippen LogP contribution >= 0.6 is 0 Å². The zero-order valence-corrected chi connectivity index (χ0v) is 14.0. The van der Waals surface area contributed by atoms with Gasteiger partial charge in [0.15, 0.2) is 11.7 Å². The Morgan fingerprint density at radius 2 is 2.04 bits per heavy atom. The van der Waals surface area contributed by atoms with E-state index in [1.165, 1.54) is 0 Å². The molecule has 126 valence electrons. The van der Waals surface area contributed by atoms with Gasteiger partial charge in [-0.05, 0) is 46.5 Å². The van der Waals surface area contributed by atoms with E-state index in [-0.39, 0.29) is 11.5 Å². The van der Waals surface area contributed by atoms with Gasteiger partial charge in [0.05, 0.1) is 6.20 Å². The van der Waals surface area contributed by atoms with Gasteiger partial charge in [-0.25, -0.2) is 9.78 Å². The summed E-state index contributed by atoms with van der Waals surface area (Å²) < 4.78 is 11.1. The van der Waals surface area contributed by atoms with Gasteiger partial charge in [-0.1, -0.05) is 0 Å². The molecular weight excluding hydrogens is 296 g/mol. The van der Waals surface area contributed by atoms with Gasteiger partial charge >= 0.3 is 6.09 Å². The number of ether oxygens (including phenoxy) is 1. The van der Waals surface area contributed by atoms with Crippen LogP contribution in [0.25, 0.3) is 0 Å². The van der Waals surface area contributed by atoms with E-state index >= 15 is 0 Å². The third-order valence-corrected chi connectivity index (χ3v) is 4.95. The molecule has 2 saturated carbocycles. The lowest BCUT2D eigenvalue weighted by atomic mass is 9.54. The maximum Gasteiger partial charge on any atom is 0.410 e. The van der Waals surface area contributed by atoms with E-state index in [9.17, 15) is 9.90 Å². The highest BCUT2D eigenvalue weighted by Gasteiger charge is 2.62. The van der Waals surface area contributed by atoms with Crippen LogP contribution in [0, 0.1) is 5.41 Å². The number of hydrogen-bond acceptors (Lipinski definition) is 5. The van der Waals surface area contributed by atoms with Crippen molar-refractivity contribution in [2.75, 3.05) is 13.1 Å². The first-order valence-corrected chi connectivity index (χ1v) is 8.35. The lowest BCUT2D eigenvalue weighted by Crippen LogP contribution is -2.68. The van der Waals surface area contributed by atoms with Gasteiger partial charge in [-0.15, -0.1) is 0 Å². The number of oxazole rings is 1. The molecule has 3 fully saturated rings. The summed E-state index contributed by atoms with van der Waals surface area (Å²) >= 11 is 0. The predicted molar refractivity (Wildman–Crippen MR) is 81.8 cm³/mol. The summed E-state index contributed by atoms with van der Waals surface area (Å²) in [5.74, 6) is 1.80. The van der Waals surface area contributed by atoms with Gasteiger partial charge < -0.3 is 19.2 Å². The maximum atomic E-state index is 12.0. The number of likely N-dealkylation sites (tertiary alicyclic amines) is 1. The average molecular weight is 320 g/mol. The fraction of sp³-hybridized carbons (Fsp3) is 0.765. The minimum absolute atomic E-state index is 0.0121. The third kappa shape index (κ3) is 2.63. The van der Waals surface area contributed by atoms with Crippen molar-refractivity contribution >= 4 is 6.09 Å². The van der Waals surface area contributed by atoms with Crippen LogP contribution in [-0.4, -0.2) is 39.8 Å². The smallest absolute Gasteiger partial charge is 0.410 e. The fourth-order valence-corrected chi connectivity index (χ4v) is 3.83. The first-order chi connectivity index (χ1) is 10.7. The Morgan fingerprint density at radius 1 is 1.39 bits per heavy atom. The SMILES string of the molecule is CC(C)(C)OC(=O)N1CC2(C1)CC(O)(c1cnc(C3CC3)o1)C2. The summed E-state index contributed by atoms with van der Waals surface area (Å²) in [4.78, 5) is 18.0. The Hall–Kier alpha value is -1.56. The van der Waals surface area contributed by atoms with E-state index in [0.717, 1.165) is 18.7 Å². The van der Waals surface area contributed by atoms with Crippen molar-refractivity contribution in [1.29, 1.82) is 0 Å². The molecule has 6 heteroatoms. The number of nitrogens with zero attached hydrogens (tertiary/aromatic N) is 2. The quantitative estimate of drug-likeness (QED) is 0.907. The number of carbonyl (C=O) groups is 1. The molecule has 0 bridgehead atoms. The van der Waals surface area contributed by atoms with E-state index in [4.69, 9.17) is 9.15 Å². The van der Waals surface area contributed by atoms with Crippen LogP contribution in [0.4, 0.5) is 4.79 Å². The second-order valence-corrected chi connectivity index (χ2v) is 8.56. The normalized spacial score (nSPS) is 25.0. The second-order valence-electron chi connectivity index (χ2n) is 8.56. The van der Waals surface area contributed by atoms with Crippen molar-refractivity contribution in [1.82, 2.24) is 9.88 Å². The van der Waals surface area contributed by atoms with Crippen molar-refractivity contribution in [2.45, 2.75) is 63.6 Å². The zero-order chi connectivity index (χ0) is 16.5. The molecule has 1 spiro atoms. The van der Waals surface area contributed by atoms with E-state index < -0.39 is 11.2 Å². The third-order valence-electron chi connectivity index (χ3n) is 4.95. The monoisotopic (exact) mass is 320 g/mol. The Morgan fingerprint density at radius 3 is 2.61 bits per heavy atom. The van der Waals surface area contributed by atoms with Gasteiger partial charge in [0.25, 0.3) is 0 Å². The molecule has 4 rings (SSSR count). The highest BCUT2D eigenvalue weighted by molar-refractivity contribution is 5.69. The van der Waals surface area contributed by atoms with Gasteiger partial charge in [0, 0.05) is 24.4 Å². The number of aliphatic hydroxyl groups is 1. The number of carbonyl (C=O) groups excluding carboxylic acids is 1. The molecule has 2 heterocycles. The fourth-order valence-electron chi connectivity index (χ4n) is 3.83. The van der Waals surface area contributed by atoms with Gasteiger partial charge in [-0.2, -0.15) is 0 Å². The van der Waals surface area contributed by atoms with E-state index in [0.29, 0.717) is 37.6 Å². The van der Waals surface area contributed by atoms with Crippen LogP contribution in [-0.2, 0) is 10.3 Å². The molecule has 0 unspecified atom stereocenters. The Kier molecular flexibility index (Phi) is 2.93. The molecule has 1 saturated heterocycles. The van der Waals surface area contributed by atoms with Crippen LogP contribution in [0.2, 0.25) is 0 Å². The predicted octanol–water partition coefficient (Wildman–Crippen LogP) is 2.77. The molecule has 1 aliphatic heterocycles. The van der Waals surface area contributed by atoms with Crippen molar-refractivity contribution in [3.05, 3.63) is 17.8 Å². The molecule has 1 N–H and O–H groups in total. The lowest BCUT2D eigenvalue weighted by molar-refractivity contribution is -0.198. The van der Waals surface area contributed by atoms with Gasteiger partial charge in [-0.3, -0.25) is 0 Å². The standard InChI is InChI=1S/C17H24N2O4/c1-15(2,3)23-14(20)19-9-16(10-19)7-17(21,8-16)12-6-18-13(22-12)11-4-5-11/h6,11,21H,4-5,7-10H2,1-3H3. The molecule has 1 amide bonds. The van der Waals surface area contributed by atoms with Crippen molar-refractivity contribution in [3.8, 4) is 0 Å². The van der Waals surface area contributed by atoms with Crippen molar-refractivity contribution in [2.24, 2.45) is 5.41 Å².